The van der Waals surface area contributed by atoms with E-state index in [-0.39, 0.29) is 34.6 Å². The van der Waals surface area contributed by atoms with Crippen molar-refractivity contribution in [1.29, 1.82) is 0 Å². The third-order valence-corrected chi connectivity index (χ3v) is 7.95. The van der Waals surface area contributed by atoms with Crippen LogP contribution in [0.15, 0.2) is 12.2 Å². The number of fused-ring (bicyclic) bond motifs is 1. The summed E-state index contributed by atoms with van der Waals surface area (Å²) in [6, 6.07) is 0. The summed E-state index contributed by atoms with van der Waals surface area (Å²) < 4.78 is 5.52. The van der Waals surface area contributed by atoms with Crippen LogP contribution in [0.3, 0.4) is 0 Å². The third-order valence-electron chi connectivity index (χ3n) is 7.95. The van der Waals surface area contributed by atoms with Gasteiger partial charge in [-0.05, 0) is 67.6 Å². The first-order valence-electron chi connectivity index (χ1n) is 9.78. The van der Waals surface area contributed by atoms with Gasteiger partial charge in [0.25, 0.3) is 0 Å². The highest BCUT2D eigenvalue weighted by atomic mass is 16.5. The number of ether oxygens (including phenoxy) is 1. The van der Waals surface area contributed by atoms with Crippen LogP contribution in [0.4, 0.5) is 0 Å². The van der Waals surface area contributed by atoms with Crippen LogP contribution in [-0.2, 0) is 14.3 Å². The Morgan fingerprint density at radius 3 is 2.60 bits per heavy atom. The number of aldehydes is 1. The van der Waals surface area contributed by atoms with Gasteiger partial charge in [-0.25, -0.2) is 0 Å². The predicted octanol–water partition coefficient (Wildman–Crippen LogP) is 4.26. The van der Waals surface area contributed by atoms with E-state index in [1.165, 1.54) is 12.5 Å². The summed E-state index contributed by atoms with van der Waals surface area (Å²) in [5.74, 6) is 0.609. The predicted molar refractivity (Wildman–Crippen MR) is 99.3 cm³/mol. The summed E-state index contributed by atoms with van der Waals surface area (Å²) >= 11 is 0. The second kappa shape index (κ2) is 6.59. The Bertz CT molecular complexity index is 573. The molecule has 4 heteroatoms. The maximum atomic E-state index is 11.8. The Balaban J connectivity index is 1.85. The van der Waals surface area contributed by atoms with E-state index in [2.05, 4.69) is 20.4 Å². The molecule has 3 aliphatic carbocycles. The van der Waals surface area contributed by atoms with Gasteiger partial charge in [-0.2, -0.15) is 0 Å². The number of allylic oxidation sites excluding steroid dienone is 1. The van der Waals surface area contributed by atoms with Gasteiger partial charge in [0.05, 0.1) is 7.85 Å². The van der Waals surface area contributed by atoms with Crippen LogP contribution in [0.5, 0.6) is 0 Å². The topological polar surface area (TPSA) is 43.4 Å². The van der Waals surface area contributed by atoms with E-state index in [9.17, 15) is 9.59 Å². The summed E-state index contributed by atoms with van der Waals surface area (Å²) in [6.07, 6.45) is 7.67. The molecule has 3 aliphatic rings. The highest BCUT2D eigenvalue weighted by Crippen LogP contribution is 2.64. The molecule has 0 heterocycles. The molecular formula is C21H31BO3. The molecule has 0 aliphatic heterocycles. The van der Waals surface area contributed by atoms with Crippen LogP contribution in [0.1, 0.15) is 65.7 Å². The fourth-order valence-electron chi connectivity index (χ4n) is 6.30. The molecule has 3 nitrogen and oxygen atoms in total. The van der Waals surface area contributed by atoms with Gasteiger partial charge in [0, 0.05) is 12.8 Å². The molecule has 25 heavy (non-hydrogen) atoms. The number of hydrogen-bond donors (Lipinski definition) is 0. The van der Waals surface area contributed by atoms with Gasteiger partial charge in [-0.1, -0.05) is 31.8 Å². The van der Waals surface area contributed by atoms with Crippen molar-refractivity contribution < 1.29 is 14.3 Å². The largest absolute Gasteiger partial charge is 0.463 e. The SMILES string of the molecule is [B]C1C2CCC(=C)[C@@]2(C)CCC1[C@@]1(C)C[C@@H](OC(C)=O)CC[C@@H]1C=O. The van der Waals surface area contributed by atoms with Crippen LogP contribution < -0.4 is 0 Å². The quantitative estimate of drug-likeness (QED) is 0.333. The Hall–Kier alpha value is -1.06. The van der Waals surface area contributed by atoms with Crippen molar-refractivity contribution in [3.05, 3.63) is 12.2 Å². The summed E-state index contributed by atoms with van der Waals surface area (Å²) in [5, 5.41) is 0. The molecule has 7 atom stereocenters. The van der Waals surface area contributed by atoms with Crippen LogP contribution in [0.25, 0.3) is 0 Å². The molecule has 0 aromatic heterocycles. The van der Waals surface area contributed by atoms with Gasteiger partial charge in [0.15, 0.2) is 0 Å². The molecule has 3 saturated carbocycles. The molecule has 136 valence electrons. The van der Waals surface area contributed by atoms with E-state index in [1.807, 2.05) is 0 Å². The lowest BCUT2D eigenvalue weighted by molar-refractivity contribution is -0.154. The molecule has 2 radical (unpaired) electrons. The number of rotatable bonds is 3. The van der Waals surface area contributed by atoms with E-state index >= 15 is 0 Å². The van der Waals surface area contributed by atoms with Crippen LogP contribution >= 0.6 is 0 Å². The fourth-order valence-corrected chi connectivity index (χ4v) is 6.30. The van der Waals surface area contributed by atoms with Gasteiger partial charge >= 0.3 is 5.97 Å². The maximum absolute atomic E-state index is 11.8. The van der Waals surface area contributed by atoms with Gasteiger partial charge < -0.3 is 9.53 Å². The van der Waals surface area contributed by atoms with E-state index < -0.39 is 0 Å². The molecular weight excluding hydrogens is 311 g/mol. The standard InChI is InChI=1S/C21H31BO3/c1-13-5-8-17-19(22)18(9-10-20(13,17)3)21(4)11-16(25-14(2)24)7-6-15(21)12-23/h12,15-19H,1,5-11H2,2-4H3/t15-,16+,17?,18?,19?,20-,21+/m1/s1. The summed E-state index contributed by atoms with van der Waals surface area (Å²) in [7, 11) is 6.83. The minimum Gasteiger partial charge on any atom is -0.463 e. The zero-order valence-corrected chi connectivity index (χ0v) is 15.9. The number of hydrogen-bond acceptors (Lipinski definition) is 3. The first-order chi connectivity index (χ1) is 11.7. The number of esters is 1. The lowest BCUT2D eigenvalue weighted by atomic mass is 9.45. The maximum Gasteiger partial charge on any atom is 0.302 e. The van der Waals surface area contributed by atoms with E-state index in [4.69, 9.17) is 12.6 Å². The molecule has 0 aromatic rings. The van der Waals surface area contributed by atoms with Crippen molar-refractivity contribution in [2.24, 2.45) is 28.6 Å². The van der Waals surface area contributed by atoms with Gasteiger partial charge in [0.2, 0.25) is 0 Å². The lowest BCUT2D eigenvalue weighted by Gasteiger charge is -2.55. The number of carbonyl (C=O) groups is 2. The summed E-state index contributed by atoms with van der Waals surface area (Å²) in [5.41, 5.74) is 1.32. The zero-order valence-electron chi connectivity index (χ0n) is 15.9. The molecule has 3 unspecified atom stereocenters. The molecule has 0 saturated heterocycles. The lowest BCUT2D eigenvalue weighted by Crippen LogP contribution is -2.49. The van der Waals surface area contributed by atoms with E-state index in [1.54, 1.807) is 0 Å². The van der Waals surface area contributed by atoms with Crippen molar-refractivity contribution in [2.45, 2.75) is 77.6 Å². The van der Waals surface area contributed by atoms with Crippen molar-refractivity contribution in [3.8, 4) is 0 Å². The second-order valence-corrected chi connectivity index (χ2v) is 9.15. The summed E-state index contributed by atoms with van der Waals surface area (Å²) in [4.78, 5) is 23.3. The number of carbonyl (C=O) groups excluding carboxylic acids is 2. The Labute approximate surface area is 153 Å². The van der Waals surface area contributed by atoms with Crippen molar-refractivity contribution in [2.75, 3.05) is 0 Å². The van der Waals surface area contributed by atoms with Crippen molar-refractivity contribution in [3.63, 3.8) is 0 Å². The normalized spacial score (nSPS) is 47.2. The minimum atomic E-state index is -0.232. The van der Waals surface area contributed by atoms with Crippen molar-refractivity contribution in [1.82, 2.24) is 0 Å². The third kappa shape index (κ3) is 3.00. The smallest absolute Gasteiger partial charge is 0.302 e. The van der Waals surface area contributed by atoms with Gasteiger partial charge in [0.1, 0.15) is 12.4 Å². The average Bonchev–Trinajstić information content (AvgIpc) is 2.83. The molecule has 0 amide bonds. The molecule has 0 aromatic carbocycles. The van der Waals surface area contributed by atoms with E-state index in [0.29, 0.717) is 11.8 Å². The minimum absolute atomic E-state index is 0.00400. The molecule has 0 N–H and O–H groups in total. The first-order valence-corrected chi connectivity index (χ1v) is 9.78. The second-order valence-electron chi connectivity index (χ2n) is 9.15. The van der Waals surface area contributed by atoms with Crippen LogP contribution in [-0.4, -0.2) is 26.2 Å². The monoisotopic (exact) mass is 342 g/mol. The van der Waals surface area contributed by atoms with Crippen molar-refractivity contribution >= 4 is 20.1 Å². The highest BCUT2D eigenvalue weighted by molar-refractivity contribution is 6.12. The van der Waals surface area contributed by atoms with Gasteiger partial charge in [-0.3, -0.25) is 4.79 Å². The molecule has 0 spiro atoms. The van der Waals surface area contributed by atoms with E-state index in [0.717, 1.165) is 51.2 Å². The fraction of sp³-hybridized carbons (Fsp3) is 0.810. The first kappa shape index (κ1) is 18.7. The molecule has 0 bridgehead atoms. The summed E-state index contributed by atoms with van der Waals surface area (Å²) in [6.45, 7) is 10.3. The van der Waals surface area contributed by atoms with Crippen LogP contribution in [0.2, 0.25) is 5.82 Å². The highest BCUT2D eigenvalue weighted by Gasteiger charge is 2.55. The zero-order chi connectivity index (χ0) is 18.4. The Kier molecular flexibility index (Phi) is 4.94. The molecule has 3 rings (SSSR count). The average molecular weight is 342 g/mol. The van der Waals surface area contributed by atoms with Crippen LogP contribution in [0, 0.1) is 28.6 Å². The Morgan fingerprint density at radius 1 is 1.24 bits per heavy atom. The molecule has 3 fully saturated rings. The van der Waals surface area contributed by atoms with Gasteiger partial charge in [-0.15, -0.1) is 0 Å². The Morgan fingerprint density at radius 2 is 1.96 bits per heavy atom.